The van der Waals surface area contributed by atoms with Crippen molar-refractivity contribution in [1.29, 1.82) is 0 Å². The van der Waals surface area contributed by atoms with E-state index in [-0.39, 0.29) is 18.7 Å². The molecule has 0 aliphatic rings. The van der Waals surface area contributed by atoms with E-state index in [9.17, 15) is 9.90 Å². The third kappa shape index (κ3) is 4.80. The molecule has 1 rings (SSSR count). The molecule has 1 unspecified atom stereocenters. The molecule has 20 heavy (non-hydrogen) atoms. The third-order valence-electron chi connectivity index (χ3n) is 2.96. The smallest absolute Gasteiger partial charge is 0.315 e. The van der Waals surface area contributed by atoms with Crippen molar-refractivity contribution in [1.82, 2.24) is 10.6 Å². The first kappa shape index (κ1) is 16.4. The first-order valence-electron chi connectivity index (χ1n) is 6.40. The number of carbonyl (C=O) groups is 1. The van der Waals surface area contributed by atoms with E-state index < -0.39 is 6.29 Å². The summed E-state index contributed by atoms with van der Waals surface area (Å²) in [4.78, 5) is 11.8. The van der Waals surface area contributed by atoms with Gasteiger partial charge in [0.2, 0.25) is 0 Å². The number of carbonyl (C=O) groups excluding carboxylic acids is 1. The lowest BCUT2D eigenvalue weighted by Crippen LogP contribution is -2.47. The predicted molar refractivity (Wildman–Crippen MR) is 75.0 cm³/mol. The van der Waals surface area contributed by atoms with Crippen LogP contribution in [-0.2, 0) is 22.6 Å². The monoisotopic (exact) mass is 282 g/mol. The van der Waals surface area contributed by atoms with Crippen LogP contribution in [0, 0.1) is 0 Å². The lowest BCUT2D eigenvalue weighted by atomic mass is 10.1. The van der Waals surface area contributed by atoms with Crippen molar-refractivity contribution >= 4 is 6.03 Å². The van der Waals surface area contributed by atoms with Gasteiger partial charge in [-0.1, -0.05) is 24.3 Å². The van der Waals surface area contributed by atoms with Crippen molar-refractivity contribution in [2.45, 2.75) is 32.4 Å². The minimum absolute atomic E-state index is 0.0503. The fourth-order valence-corrected chi connectivity index (χ4v) is 1.89. The normalized spacial score (nSPS) is 12.2. The number of nitrogens with one attached hydrogen (secondary N) is 2. The zero-order chi connectivity index (χ0) is 15.0. The van der Waals surface area contributed by atoms with E-state index in [2.05, 4.69) is 10.6 Å². The molecule has 0 aliphatic carbocycles. The zero-order valence-corrected chi connectivity index (χ0v) is 12.1. The molecule has 0 aliphatic heterocycles. The molecule has 0 fully saturated rings. The quantitative estimate of drug-likeness (QED) is 0.651. The molecule has 0 radical (unpaired) electrons. The molecule has 3 N–H and O–H groups in total. The minimum Gasteiger partial charge on any atom is -0.392 e. The summed E-state index contributed by atoms with van der Waals surface area (Å²) in [7, 11) is 3.03. The number of urea groups is 1. The summed E-state index contributed by atoms with van der Waals surface area (Å²) in [5.74, 6) is 0. The molecule has 1 aromatic rings. The highest BCUT2D eigenvalue weighted by atomic mass is 16.7. The Hall–Kier alpha value is -1.63. The van der Waals surface area contributed by atoms with Gasteiger partial charge in [0.05, 0.1) is 12.6 Å². The zero-order valence-electron chi connectivity index (χ0n) is 12.1. The molecule has 0 heterocycles. The molecule has 2 amide bonds. The number of methoxy groups -OCH3 is 2. The Balaban J connectivity index is 2.47. The molecule has 112 valence electrons. The standard InChI is InChI=1S/C14H22N2O4/c1-10(13(19-2)20-3)16-14(18)15-8-11-6-4-5-7-12(11)9-17/h4-7,10,13,17H,8-9H2,1-3H3,(H2,15,16,18). The highest BCUT2D eigenvalue weighted by molar-refractivity contribution is 5.74. The second kappa shape index (κ2) is 8.52. The maximum Gasteiger partial charge on any atom is 0.315 e. The summed E-state index contributed by atoms with van der Waals surface area (Å²) >= 11 is 0. The molecular formula is C14H22N2O4. The molecule has 1 aromatic carbocycles. The lowest BCUT2D eigenvalue weighted by Gasteiger charge is -2.22. The number of amides is 2. The van der Waals surface area contributed by atoms with Crippen molar-refractivity contribution in [2.75, 3.05) is 14.2 Å². The van der Waals surface area contributed by atoms with Gasteiger partial charge in [-0.3, -0.25) is 0 Å². The highest BCUT2D eigenvalue weighted by Gasteiger charge is 2.17. The van der Waals surface area contributed by atoms with Gasteiger partial charge in [-0.15, -0.1) is 0 Å². The number of aliphatic hydroxyl groups excluding tert-OH is 1. The van der Waals surface area contributed by atoms with Gasteiger partial charge in [0.25, 0.3) is 0 Å². The van der Waals surface area contributed by atoms with E-state index in [1.54, 1.807) is 6.92 Å². The molecule has 0 spiro atoms. The fraction of sp³-hybridized carbons (Fsp3) is 0.500. The van der Waals surface area contributed by atoms with E-state index in [1.165, 1.54) is 14.2 Å². The number of benzene rings is 1. The summed E-state index contributed by atoms with van der Waals surface area (Å²) in [6, 6.07) is 6.80. The second-order valence-corrected chi connectivity index (χ2v) is 4.38. The number of aliphatic hydroxyl groups is 1. The molecule has 1 atom stereocenters. The van der Waals surface area contributed by atoms with Crippen LogP contribution in [0.2, 0.25) is 0 Å². The van der Waals surface area contributed by atoms with Crippen LogP contribution in [-0.4, -0.2) is 37.7 Å². The van der Waals surface area contributed by atoms with Crippen LogP contribution in [0.15, 0.2) is 24.3 Å². The third-order valence-corrected chi connectivity index (χ3v) is 2.96. The van der Waals surface area contributed by atoms with Crippen LogP contribution in [0.3, 0.4) is 0 Å². The molecule has 6 heteroatoms. The average molecular weight is 282 g/mol. The minimum atomic E-state index is -0.495. The Kier molecular flexibility index (Phi) is 7.00. The predicted octanol–water partition coefficient (Wildman–Crippen LogP) is 0.986. The van der Waals surface area contributed by atoms with E-state index in [1.807, 2.05) is 24.3 Å². The second-order valence-electron chi connectivity index (χ2n) is 4.38. The lowest BCUT2D eigenvalue weighted by molar-refractivity contribution is -0.117. The van der Waals surface area contributed by atoms with Gasteiger partial charge < -0.3 is 25.2 Å². The Labute approximate surface area is 119 Å². The van der Waals surface area contributed by atoms with Crippen LogP contribution < -0.4 is 10.6 Å². The SMILES string of the molecule is COC(OC)C(C)NC(=O)NCc1ccccc1CO. The van der Waals surface area contributed by atoms with Gasteiger partial charge in [-0.05, 0) is 18.1 Å². The van der Waals surface area contributed by atoms with Crippen molar-refractivity contribution < 1.29 is 19.4 Å². The number of hydrogen-bond acceptors (Lipinski definition) is 4. The van der Waals surface area contributed by atoms with E-state index in [0.29, 0.717) is 6.54 Å². The maximum absolute atomic E-state index is 11.8. The molecule has 6 nitrogen and oxygen atoms in total. The molecule has 0 saturated heterocycles. The van der Waals surface area contributed by atoms with Crippen LogP contribution in [0.5, 0.6) is 0 Å². The van der Waals surface area contributed by atoms with E-state index in [0.717, 1.165) is 11.1 Å². The Bertz CT molecular complexity index is 421. The maximum atomic E-state index is 11.8. The van der Waals surface area contributed by atoms with Gasteiger partial charge in [0, 0.05) is 20.8 Å². The summed E-state index contributed by atoms with van der Waals surface area (Å²) in [5.41, 5.74) is 1.68. The number of hydrogen-bond donors (Lipinski definition) is 3. The van der Waals surface area contributed by atoms with Gasteiger partial charge in [-0.25, -0.2) is 4.79 Å². The van der Waals surface area contributed by atoms with Crippen molar-refractivity contribution in [2.24, 2.45) is 0 Å². The molecule has 0 aromatic heterocycles. The number of rotatable bonds is 7. The van der Waals surface area contributed by atoms with Crippen LogP contribution >= 0.6 is 0 Å². The summed E-state index contributed by atoms with van der Waals surface area (Å²) in [6.45, 7) is 2.09. The van der Waals surface area contributed by atoms with Gasteiger partial charge in [0.15, 0.2) is 6.29 Å². The number of ether oxygens (including phenoxy) is 2. The van der Waals surface area contributed by atoms with Gasteiger partial charge in [-0.2, -0.15) is 0 Å². The Morgan fingerprint density at radius 1 is 1.25 bits per heavy atom. The average Bonchev–Trinajstić information content (AvgIpc) is 2.46. The highest BCUT2D eigenvalue weighted by Crippen LogP contribution is 2.08. The molecular weight excluding hydrogens is 260 g/mol. The van der Waals surface area contributed by atoms with Crippen molar-refractivity contribution in [3.63, 3.8) is 0 Å². The summed E-state index contributed by atoms with van der Waals surface area (Å²) < 4.78 is 10.1. The van der Waals surface area contributed by atoms with E-state index >= 15 is 0 Å². The van der Waals surface area contributed by atoms with Crippen LogP contribution in [0.25, 0.3) is 0 Å². The Morgan fingerprint density at radius 3 is 2.40 bits per heavy atom. The summed E-state index contributed by atoms with van der Waals surface area (Å²) in [6.07, 6.45) is -0.495. The largest absolute Gasteiger partial charge is 0.392 e. The van der Waals surface area contributed by atoms with Gasteiger partial charge in [0.1, 0.15) is 0 Å². The first-order chi connectivity index (χ1) is 9.62. The first-order valence-corrected chi connectivity index (χ1v) is 6.40. The van der Waals surface area contributed by atoms with Crippen molar-refractivity contribution in [3.8, 4) is 0 Å². The Morgan fingerprint density at radius 2 is 1.85 bits per heavy atom. The topological polar surface area (TPSA) is 79.8 Å². The fourth-order valence-electron chi connectivity index (χ4n) is 1.89. The van der Waals surface area contributed by atoms with Gasteiger partial charge >= 0.3 is 6.03 Å². The van der Waals surface area contributed by atoms with Crippen LogP contribution in [0.1, 0.15) is 18.1 Å². The molecule has 0 bridgehead atoms. The van der Waals surface area contributed by atoms with E-state index in [4.69, 9.17) is 9.47 Å². The van der Waals surface area contributed by atoms with Crippen LogP contribution in [0.4, 0.5) is 4.79 Å². The molecule has 0 saturated carbocycles. The summed E-state index contributed by atoms with van der Waals surface area (Å²) in [5, 5.41) is 14.7. The van der Waals surface area contributed by atoms with Crippen molar-refractivity contribution in [3.05, 3.63) is 35.4 Å².